The van der Waals surface area contributed by atoms with Crippen molar-refractivity contribution in [3.63, 3.8) is 0 Å². The van der Waals surface area contributed by atoms with Crippen LogP contribution in [0.15, 0.2) is 52.4 Å². The number of nitrogens with zero attached hydrogens (tertiary/aromatic N) is 2. The van der Waals surface area contributed by atoms with Gasteiger partial charge in [0, 0.05) is 11.1 Å². The molecule has 0 saturated heterocycles. The van der Waals surface area contributed by atoms with Gasteiger partial charge in [-0.25, -0.2) is 27.8 Å². The number of benzene rings is 1. The fourth-order valence-corrected chi connectivity index (χ4v) is 3.59. The van der Waals surface area contributed by atoms with Crippen LogP contribution in [0.25, 0.3) is 0 Å². The first-order valence-electron chi connectivity index (χ1n) is 5.99. The first-order valence-corrected chi connectivity index (χ1v) is 8.70. The smallest absolute Gasteiger partial charge is 0.247 e. The Balaban J connectivity index is 2.21. The van der Waals surface area contributed by atoms with E-state index >= 15 is 0 Å². The zero-order chi connectivity index (χ0) is 15.0. The first kappa shape index (κ1) is 13.9. The summed E-state index contributed by atoms with van der Waals surface area (Å²) in [6, 6.07) is 9.45. The quantitative estimate of drug-likeness (QED) is 0.859. The van der Waals surface area contributed by atoms with E-state index in [2.05, 4.69) is 4.98 Å². The number of anilines is 2. The molecule has 0 atom stereocenters. The van der Waals surface area contributed by atoms with Gasteiger partial charge in [0.1, 0.15) is 4.90 Å². The fourth-order valence-electron chi connectivity index (χ4n) is 2.06. The van der Waals surface area contributed by atoms with Crippen LogP contribution in [0.3, 0.4) is 0 Å². The minimum Gasteiger partial charge on any atom is -0.247 e. The van der Waals surface area contributed by atoms with Crippen molar-refractivity contribution in [3.8, 4) is 0 Å². The highest BCUT2D eigenvalue weighted by Crippen LogP contribution is 2.34. The van der Waals surface area contributed by atoms with Gasteiger partial charge in [0.25, 0.3) is 10.0 Å². The van der Waals surface area contributed by atoms with Gasteiger partial charge in [-0.05, 0) is 36.6 Å². The molecule has 1 aliphatic rings. The lowest BCUT2D eigenvalue weighted by Crippen LogP contribution is -2.45. The number of hydrogen-bond donors (Lipinski definition) is 1. The zero-order valence-electron chi connectivity index (χ0n) is 11.0. The summed E-state index contributed by atoms with van der Waals surface area (Å²) in [5.41, 5.74) is 0.564. The van der Waals surface area contributed by atoms with Gasteiger partial charge in [0.2, 0.25) is 0 Å². The average Bonchev–Trinajstić information content (AvgIpc) is 2.47. The Morgan fingerprint density at radius 3 is 2.81 bits per heavy atom. The molecule has 0 spiro atoms. The number of aromatic nitrogens is 1. The Morgan fingerprint density at radius 2 is 2.05 bits per heavy atom. The standard InChI is InChI=1S/C13H11N3O3S2/c1-20-10-5-2-4-9(8-10)16-12-11(6-3-7-14-12)21(18,19)15-13(16)17/h2-8H,1H3,(H,15,17). The molecule has 2 heterocycles. The molecule has 0 bridgehead atoms. The van der Waals surface area contributed by atoms with Gasteiger partial charge in [-0.1, -0.05) is 6.07 Å². The highest BCUT2D eigenvalue weighted by molar-refractivity contribution is 7.98. The molecule has 2 aromatic rings. The Hall–Kier alpha value is -2.06. The number of amides is 2. The van der Waals surface area contributed by atoms with Crippen molar-refractivity contribution in [1.82, 2.24) is 9.71 Å². The molecule has 2 amide bonds. The van der Waals surface area contributed by atoms with Crippen LogP contribution < -0.4 is 9.62 Å². The van der Waals surface area contributed by atoms with Gasteiger partial charge >= 0.3 is 6.03 Å². The van der Waals surface area contributed by atoms with Crippen molar-refractivity contribution < 1.29 is 13.2 Å². The zero-order valence-corrected chi connectivity index (χ0v) is 12.6. The molecule has 0 radical (unpaired) electrons. The van der Waals surface area contributed by atoms with Crippen LogP contribution >= 0.6 is 11.8 Å². The number of hydrogen-bond acceptors (Lipinski definition) is 5. The monoisotopic (exact) mass is 321 g/mol. The summed E-state index contributed by atoms with van der Waals surface area (Å²) in [5.74, 6) is 0.111. The lowest BCUT2D eigenvalue weighted by Gasteiger charge is -2.28. The van der Waals surface area contributed by atoms with Gasteiger partial charge in [0.15, 0.2) is 5.82 Å². The number of sulfonamides is 1. The normalized spacial score (nSPS) is 16.2. The number of carbonyl (C=O) groups is 1. The third-order valence-electron chi connectivity index (χ3n) is 2.99. The topological polar surface area (TPSA) is 79.4 Å². The lowest BCUT2D eigenvalue weighted by molar-refractivity contribution is 0.252. The highest BCUT2D eigenvalue weighted by Gasteiger charge is 2.35. The summed E-state index contributed by atoms with van der Waals surface area (Å²) >= 11 is 1.53. The molecule has 0 aliphatic carbocycles. The minimum absolute atomic E-state index is 0.0147. The Labute approximate surface area is 126 Å². The van der Waals surface area contributed by atoms with Gasteiger partial charge in [-0.3, -0.25) is 0 Å². The van der Waals surface area contributed by atoms with E-state index in [-0.39, 0.29) is 10.7 Å². The Kier molecular flexibility index (Phi) is 3.34. The first-order chi connectivity index (χ1) is 10.0. The predicted octanol–water partition coefficient (Wildman–Crippen LogP) is 2.35. The minimum atomic E-state index is -3.86. The number of nitrogens with one attached hydrogen (secondary N) is 1. The van der Waals surface area contributed by atoms with Crippen molar-refractivity contribution in [2.45, 2.75) is 9.79 Å². The number of fused-ring (bicyclic) bond motifs is 1. The van der Waals surface area contributed by atoms with E-state index in [0.717, 1.165) is 4.90 Å². The molecule has 1 aliphatic heterocycles. The van der Waals surface area contributed by atoms with Gasteiger partial charge in [-0.15, -0.1) is 11.8 Å². The lowest BCUT2D eigenvalue weighted by atomic mass is 10.3. The van der Waals surface area contributed by atoms with Gasteiger partial charge in [-0.2, -0.15) is 0 Å². The molecule has 1 N–H and O–H groups in total. The van der Waals surface area contributed by atoms with Crippen LogP contribution in [0.2, 0.25) is 0 Å². The maximum atomic E-state index is 12.2. The van der Waals surface area contributed by atoms with Crippen molar-refractivity contribution in [2.24, 2.45) is 0 Å². The highest BCUT2D eigenvalue weighted by atomic mass is 32.2. The molecule has 0 saturated carbocycles. The van der Waals surface area contributed by atoms with E-state index in [9.17, 15) is 13.2 Å². The second-order valence-electron chi connectivity index (χ2n) is 4.27. The van der Waals surface area contributed by atoms with Crippen LogP contribution in [0.4, 0.5) is 16.3 Å². The summed E-state index contributed by atoms with van der Waals surface area (Å²) in [6.07, 6.45) is 3.38. The summed E-state index contributed by atoms with van der Waals surface area (Å²) in [7, 11) is -3.86. The predicted molar refractivity (Wildman–Crippen MR) is 80.3 cm³/mol. The Bertz CT molecular complexity index is 821. The molecule has 8 heteroatoms. The van der Waals surface area contributed by atoms with Crippen LogP contribution in [0.5, 0.6) is 0 Å². The molecule has 1 aromatic heterocycles. The van der Waals surface area contributed by atoms with E-state index in [4.69, 9.17) is 0 Å². The summed E-state index contributed by atoms with van der Waals surface area (Å²) in [6.45, 7) is 0. The van der Waals surface area contributed by atoms with Crippen molar-refractivity contribution in [3.05, 3.63) is 42.6 Å². The van der Waals surface area contributed by atoms with E-state index in [1.165, 1.54) is 35.0 Å². The van der Waals surface area contributed by atoms with E-state index in [1.54, 1.807) is 18.2 Å². The molecule has 6 nitrogen and oxygen atoms in total. The molecule has 1 aromatic carbocycles. The molecule has 3 rings (SSSR count). The van der Waals surface area contributed by atoms with Gasteiger partial charge in [0.05, 0.1) is 5.69 Å². The summed E-state index contributed by atoms with van der Waals surface area (Å²) in [5, 5.41) is 0. The maximum absolute atomic E-state index is 12.2. The molecular weight excluding hydrogens is 310 g/mol. The number of thioether (sulfide) groups is 1. The van der Waals surface area contributed by atoms with Crippen LogP contribution in [0, 0.1) is 0 Å². The number of carbonyl (C=O) groups excluding carboxylic acids is 1. The fraction of sp³-hybridized carbons (Fsp3) is 0.0769. The van der Waals surface area contributed by atoms with E-state index < -0.39 is 16.1 Å². The molecule has 21 heavy (non-hydrogen) atoms. The molecule has 0 fully saturated rings. The van der Waals surface area contributed by atoms with Crippen LogP contribution in [-0.2, 0) is 10.0 Å². The number of urea groups is 1. The third kappa shape index (κ3) is 2.36. The molecule has 108 valence electrons. The average molecular weight is 321 g/mol. The largest absolute Gasteiger partial charge is 0.341 e. The van der Waals surface area contributed by atoms with E-state index in [1.807, 2.05) is 17.0 Å². The second kappa shape index (κ2) is 5.05. The SMILES string of the molecule is CSc1cccc(N2C(=O)NS(=O)(=O)c3cccnc32)c1. The maximum Gasteiger partial charge on any atom is 0.341 e. The molecular formula is C13H11N3O3S2. The van der Waals surface area contributed by atoms with Gasteiger partial charge < -0.3 is 0 Å². The summed E-state index contributed by atoms with van der Waals surface area (Å²) in [4.78, 5) is 18.4. The van der Waals surface area contributed by atoms with E-state index in [0.29, 0.717) is 5.69 Å². The number of rotatable bonds is 2. The van der Waals surface area contributed by atoms with Crippen LogP contribution in [-0.4, -0.2) is 25.7 Å². The van der Waals surface area contributed by atoms with Crippen LogP contribution in [0.1, 0.15) is 0 Å². The summed E-state index contributed by atoms with van der Waals surface area (Å²) < 4.78 is 26.0. The van der Waals surface area contributed by atoms with Crippen molar-refractivity contribution >= 4 is 39.3 Å². The van der Waals surface area contributed by atoms with Crippen molar-refractivity contribution in [1.29, 1.82) is 0 Å². The second-order valence-corrected chi connectivity index (χ2v) is 6.80. The third-order valence-corrected chi connectivity index (χ3v) is 5.05. The molecule has 0 unspecified atom stereocenters. The number of pyridine rings is 1. The van der Waals surface area contributed by atoms with Crippen molar-refractivity contribution in [2.75, 3.05) is 11.2 Å². The Morgan fingerprint density at radius 1 is 1.24 bits per heavy atom.